The number of hydrogen-bond donors (Lipinski definition) is 3. The third kappa shape index (κ3) is 3.19. The predicted octanol–water partition coefficient (Wildman–Crippen LogP) is 2.38. The van der Waals surface area contributed by atoms with Gasteiger partial charge >= 0.3 is 0 Å². The second-order valence-corrected chi connectivity index (χ2v) is 6.83. The van der Waals surface area contributed by atoms with Crippen LogP contribution in [0.3, 0.4) is 0 Å². The van der Waals surface area contributed by atoms with Gasteiger partial charge in [-0.15, -0.1) is 0 Å². The Bertz CT molecular complexity index is 721. The number of carbonyl (C=O) groups excluding carboxylic acids is 1. The van der Waals surface area contributed by atoms with Crippen LogP contribution < -0.4 is 5.32 Å². The maximum atomic E-state index is 12.3. The summed E-state index contributed by atoms with van der Waals surface area (Å²) in [7, 11) is 0. The Morgan fingerprint density at radius 3 is 2.58 bits per heavy atom. The first-order valence-electron chi connectivity index (χ1n) is 8.72. The van der Waals surface area contributed by atoms with Gasteiger partial charge in [0.25, 0.3) is 5.91 Å². The van der Waals surface area contributed by atoms with Gasteiger partial charge in [0.1, 0.15) is 5.82 Å². The average Bonchev–Trinajstić information content (AvgIpc) is 3.34. The van der Waals surface area contributed by atoms with Crippen LogP contribution in [0.4, 0.5) is 0 Å². The van der Waals surface area contributed by atoms with E-state index < -0.39 is 6.10 Å². The SMILES string of the molecule is O=C(NC1CCCCC1O)c1ccc(-c2n[nH]c(C3CC3)n2)cc1. The molecule has 126 valence electrons. The van der Waals surface area contributed by atoms with E-state index >= 15 is 0 Å². The van der Waals surface area contributed by atoms with Crippen LogP contribution in [0.15, 0.2) is 24.3 Å². The summed E-state index contributed by atoms with van der Waals surface area (Å²) in [6, 6.07) is 7.16. The lowest BCUT2D eigenvalue weighted by atomic mass is 9.92. The largest absolute Gasteiger partial charge is 0.391 e. The molecule has 2 unspecified atom stereocenters. The maximum absolute atomic E-state index is 12.3. The highest BCUT2D eigenvalue weighted by Crippen LogP contribution is 2.38. The lowest BCUT2D eigenvalue weighted by Gasteiger charge is -2.28. The fourth-order valence-electron chi connectivity index (χ4n) is 3.24. The molecule has 6 heteroatoms. The zero-order valence-electron chi connectivity index (χ0n) is 13.5. The van der Waals surface area contributed by atoms with E-state index in [0.29, 0.717) is 17.3 Å². The maximum Gasteiger partial charge on any atom is 0.251 e. The Morgan fingerprint density at radius 2 is 1.88 bits per heavy atom. The van der Waals surface area contributed by atoms with E-state index in [9.17, 15) is 9.90 Å². The van der Waals surface area contributed by atoms with E-state index in [4.69, 9.17) is 0 Å². The standard InChI is InChI=1S/C18H22N4O2/c23-15-4-2-1-3-14(15)19-18(24)13-9-7-12(8-10-13)17-20-16(21-22-17)11-5-6-11/h7-11,14-15,23H,1-6H2,(H,19,24)(H,20,21,22). The monoisotopic (exact) mass is 326 g/mol. The number of aromatic amines is 1. The molecular weight excluding hydrogens is 304 g/mol. The van der Waals surface area contributed by atoms with Gasteiger partial charge in [0.05, 0.1) is 12.1 Å². The molecule has 0 aliphatic heterocycles. The lowest BCUT2D eigenvalue weighted by molar-refractivity contribution is 0.0717. The molecule has 1 heterocycles. The van der Waals surface area contributed by atoms with Gasteiger partial charge in [0.15, 0.2) is 5.82 Å². The molecule has 24 heavy (non-hydrogen) atoms. The predicted molar refractivity (Wildman–Crippen MR) is 89.5 cm³/mol. The zero-order chi connectivity index (χ0) is 16.5. The number of H-pyrrole nitrogens is 1. The summed E-state index contributed by atoms with van der Waals surface area (Å²) < 4.78 is 0. The molecule has 1 aromatic heterocycles. The van der Waals surface area contributed by atoms with Crippen molar-refractivity contribution in [3.05, 3.63) is 35.7 Å². The van der Waals surface area contributed by atoms with Crippen molar-refractivity contribution in [3.8, 4) is 11.4 Å². The van der Waals surface area contributed by atoms with Gasteiger partial charge in [-0.25, -0.2) is 4.98 Å². The molecule has 2 atom stereocenters. The second kappa shape index (κ2) is 6.36. The van der Waals surface area contributed by atoms with Crippen molar-refractivity contribution in [1.82, 2.24) is 20.5 Å². The van der Waals surface area contributed by atoms with Crippen LogP contribution in [-0.2, 0) is 0 Å². The third-order valence-electron chi connectivity index (χ3n) is 4.92. The van der Waals surface area contributed by atoms with Gasteiger partial charge in [0, 0.05) is 17.0 Å². The third-order valence-corrected chi connectivity index (χ3v) is 4.92. The topological polar surface area (TPSA) is 90.9 Å². The molecule has 2 aliphatic rings. The molecule has 6 nitrogen and oxygen atoms in total. The quantitative estimate of drug-likeness (QED) is 0.804. The van der Waals surface area contributed by atoms with Gasteiger partial charge in [-0.2, -0.15) is 5.10 Å². The highest BCUT2D eigenvalue weighted by atomic mass is 16.3. The Hall–Kier alpha value is -2.21. The molecule has 1 amide bonds. The number of nitrogens with one attached hydrogen (secondary N) is 2. The van der Waals surface area contributed by atoms with E-state index in [-0.39, 0.29) is 11.9 Å². The van der Waals surface area contributed by atoms with Crippen molar-refractivity contribution in [3.63, 3.8) is 0 Å². The summed E-state index contributed by atoms with van der Waals surface area (Å²) in [5.74, 6) is 2.03. The van der Waals surface area contributed by atoms with Crippen molar-refractivity contribution in [2.45, 2.75) is 56.6 Å². The van der Waals surface area contributed by atoms with Crippen LogP contribution in [0.25, 0.3) is 11.4 Å². The minimum Gasteiger partial charge on any atom is -0.391 e. The van der Waals surface area contributed by atoms with Gasteiger partial charge in [-0.3, -0.25) is 9.89 Å². The van der Waals surface area contributed by atoms with Gasteiger partial charge in [-0.1, -0.05) is 25.0 Å². The Kier molecular flexibility index (Phi) is 4.06. The Morgan fingerprint density at radius 1 is 1.12 bits per heavy atom. The molecule has 4 rings (SSSR count). The highest BCUT2D eigenvalue weighted by molar-refractivity contribution is 5.94. The molecule has 2 fully saturated rings. The lowest BCUT2D eigenvalue weighted by Crippen LogP contribution is -2.45. The van der Waals surface area contributed by atoms with Crippen molar-refractivity contribution in [2.24, 2.45) is 0 Å². The summed E-state index contributed by atoms with van der Waals surface area (Å²) in [6.45, 7) is 0. The number of aliphatic hydroxyl groups excluding tert-OH is 1. The molecule has 0 bridgehead atoms. The number of aromatic nitrogens is 3. The van der Waals surface area contributed by atoms with E-state index in [1.54, 1.807) is 12.1 Å². The van der Waals surface area contributed by atoms with Gasteiger partial charge < -0.3 is 10.4 Å². The van der Waals surface area contributed by atoms with Crippen molar-refractivity contribution in [2.75, 3.05) is 0 Å². The summed E-state index contributed by atoms with van der Waals surface area (Å²) in [4.78, 5) is 16.9. The number of nitrogens with zero attached hydrogens (tertiary/aromatic N) is 2. The van der Waals surface area contributed by atoms with E-state index in [2.05, 4.69) is 20.5 Å². The number of hydrogen-bond acceptors (Lipinski definition) is 4. The minimum atomic E-state index is -0.434. The fourth-order valence-corrected chi connectivity index (χ4v) is 3.24. The van der Waals surface area contributed by atoms with Gasteiger partial charge in [0.2, 0.25) is 0 Å². The molecule has 0 radical (unpaired) electrons. The van der Waals surface area contributed by atoms with Crippen LogP contribution in [0.5, 0.6) is 0 Å². The number of carbonyl (C=O) groups is 1. The number of aliphatic hydroxyl groups is 1. The van der Waals surface area contributed by atoms with E-state index in [0.717, 1.165) is 37.1 Å². The normalized spacial score (nSPS) is 23.9. The second-order valence-electron chi connectivity index (χ2n) is 6.83. The Labute approximate surface area is 140 Å². The number of amides is 1. The molecule has 1 aromatic carbocycles. The minimum absolute atomic E-state index is 0.138. The summed E-state index contributed by atoms with van der Waals surface area (Å²) in [5.41, 5.74) is 1.49. The van der Waals surface area contributed by atoms with E-state index in [1.807, 2.05) is 12.1 Å². The first-order chi connectivity index (χ1) is 11.7. The van der Waals surface area contributed by atoms with Crippen LogP contribution in [0.2, 0.25) is 0 Å². The zero-order valence-corrected chi connectivity index (χ0v) is 13.5. The van der Waals surface area contributed by atoms with Crippen molar-refractivity contribution in [1.29, 1.82) is 0 Å². The molecule has 3 N–H and O–H groups in total. The Balaban J connectivity index is 1.43. The molecular formula is C18H22N4O2. The molecule has 2 aromatic rings. The van der Waals surface area contributed by atoms with Crippen molar-refractivity contribution >= 4 is 5.91 Å². The number of benzene rings is 1. The van der Waals surface area contributed by atoms with Crippen molar-refractivity contribution < 1.29 is 9.90 Å². The number of rotatable bonds is 4. The summed E-state index contributed by atoms with van der Waals surface area (Å²) in [5, 5.41) is 20.2. The summed E-state index contributed by atoms with van der Waals surface area (Å²) >= 11 is 0. The first kappa shape index (κ1) is 15.3. The molecule has 2 saturated carbocycles. The van der Waals surface area contributed by atoms with Crippen LogP contribution in [0, 0.1) is 0 Å². The van der Waals surface area contributed by atoms with Crippen LogP contribution in [0.1, 0.15) is 60.6 Å². The summed E-state index contributed by atoms with van der Waals surface area (Å²) in [6.07, 6.45) is 5.61. The fraction of sp³-hybridized carbons (Fsp3) is 0.500. The van der Waals surface area contributed by atoms with E-state index in [1.165, 1.54) is 12.8 Å². The molecule has 2 aliphatic carbocycles. The highest BCUT2D eigenvalue weighted by Gasteiger charge is 2.27. The first-order valence-corrected chi connectivity index (χ1v) is 8.72. The van der Waals surface area contributed by atoms with Crippen LogP contribution >= 0.6 is 0 Å². The van der Waals surface area contributed by atoms with Gasteiger partial charge in [-0.05, 0) is 37.8 Å². The molecule has 0 spiro atoms. The average molecular weight is 326 g/mol. The molecule has 0 saturated heterocycles. The smallest absolute Gasteiger partial charge is 0.251 e. The van der Waals surface area contributed by atoms with Crippen LogP contribution in [-0.4, -0.2) is 38.3 Å².